The van der Waals surface area contributed by atoms with E-state index in [4.69, 9.17) is 0 Å². The van der Waals surface area contributed by atoms with Gasteiger partial charge in [0.15, 0.2) is 11.6 Å². The molecule has 1 nitrogen and oxygen atoms in total. The molecule has 0 spiro atoms. The average Bonchev–Trinajstić information content (AvgIpc) is 2.70. The fraction of sp³-hybridized carbons (Fsp3) is 0.625. The van der Waals surface area contributed by atoms with Crippen LogP contribution in [0.3, 0.4) is 0 Å². The lowest BCUT2D eigenvalue weighted by Crippen LogP contribution is -2.24. The Bertz CT molecular complexity index is 466. The van der Waals surface area contributed by atoms with Crippen molar-refractivity contribution in [1.29, 1.82) is 0 Å². The first-order valence-corrected chi connectivity index (χ1v) is 6.87. The number of halogens is 2. The average molecular weight is 267 g/mol. The van der Waals surface area contributed by atoms with Crippen molar-refractivity contribution in [2.45, 2.75) is 40.7 Å². The maximum atomic E-state index is 13.7. The highest BCUT2D eigenvalue weighted by Crippen LogP contribution is 2.68. The molecule has 1 unspecified atom stereocenters. The Morgan fingerprint density at radius 2 is 1.74 bits per heavy atom. The molecule has 1 N–H and O–H groups in total. The zero-order chi connectivity index (χ0) is 14.4. The molecule has 0 radical (unpaired) electrons. The standard InChI is InChI=1S/C16H23F2N/c1-10(11-7-6-8-12(17)14(11)18)19-9-13-15(2,3)16(13,4)5/h6-8,10,13,19H,9H2,1-5H3. The van der Waals surface area contributed by atoms with Gasteiger partial charge in [-0.05, 0) is 36.3 Å². The Kier molecular flexibility index (Phi) is 3.46. The minimum atomic E-state index is -0.779. The van der Waals surface area contributed by atoms with Crippen LogP contribution in [-0.2, 0) is 0 Å². The predicted molar refractivity (Wildman–Crippen MR) is 73.8 cm³/mol. The summed E-state index contributed by atoms with van der Waals surface area (Å²) in [7, 11) is 0. The van der Waals surface area contributed by atoms with E-state index in [9.17, 15) is 8.78 Å². The molecule has 106 valence electrons. The summed E-state index contributed by atoms with van der Waals surface area (Å²) in [6.07, 6.45) is 0. The highest BCUT2D eigenvalue weighted by molar-refractivity contribution is 5.22. The van der Waals surface area contributed by atoms with Crippen molar-refractivity contribution >= 4 is 0 Å². The van der Waals surface area contributed by atoms with Crippen LogP contribution in [0.1, 0.15) is 46.2 Å². The van der Waals surface area contributed by atoms with Gasteiger partial charge in [0.2, 0.25) is 0 Å². The molecule has 1 fully saturated rings. The molecular formula is C16H23F2N. The number of nitrogens with one attached hydrogen (secondary N) is 1. The molecule has 1 aliphatic rings. The van der Waals surface area contributed by atoms with E-state index in [1.54, 1.807) is 12.1 Å². The molecular weight excluding hydrogens is 244 g/mol. The van der Waals surface area contributed by atoms with E-state index in [0.29, 0.717) is 22.3 Å². The molecule has 19 heavy (non-hydrogen) atoms. The predicted octanol–water partition coefficient (Wildman–Crippen LogP) is 4.30. The number of benzene rings is 1. The zero-order valence-corrected chi connectivity index (χ0v) is 12.3. The third-order valence-corrected chi connectivity index (χ3v) is 5.40. The molecule has 1 aromatic rings. The van der Waals surface area contributed by atoms with E-state index in [1.165, 1.54) is 0 Å². The topological polar surface area (TPSA) is 12.0 Å². The van der Waals surface area contributed by atoms with Gasteiger partial charge in [-0.15, -0.1) is 0 Å². The van der Waals surface area contributed by atoms with Crippen LogP contribution in [0.2, 0.25) is 0 Å². The van der Waals surface area contributed by atoms with Gasteiger partial charge in [0.25, 0.3) is 0 Å². The van der Waals surface area contributed by atoms with Gasteiger partial charge in [0, 0.05) is 11.6 Å². The lowest BCUT2D eigenvalue weighted by molar-refractivity contribution is 0.452. The number of hydrogen-bond acceptors (Lipinski definition) is 1. The summed E-state index contributed by atoms with van der Waals surface area (Å²) in [6, 6.07) is 4.16. The van der Waals surface area contributed by atoms with Crippen molar-refractivity contribution in [2.75, 3.05) is 6.54 Å². The van der Waals surface area contributed by atoms with Crippen LogP contribution in [0.4, 0.5) is 8.78 Å². The summed E-state index contributed by atoms with van der Waals surface area (Å²) >= 11 is 0. The molecule has 0 saturated heterocycles. The van der Waals surface area contributed by atoms with Crippen molar-refractivity contribution in [3.05, 3.63) is 35.4 Å². The quantitative estimate of drug-likeness (QED) is 0.857. The number of rotatable bonds is 4. The Hall–Kier alpha value is -0.960. The van der Waals surface area contributed by atoms with E-state index < -0.39 is 11.6 Å². The molecule has 3 heteroatoms. The smallest absolute Gasteiger partial charge is 0.163 e. The lowest BCUT2D eigenvalue weighted by Gasteiger charge is -2.16. The molecule has 0 bridgehead atoms. The molecule has 2 rings (SSSR count). The third kappa shape index (κ3) is 2.29. The van der Waals surface area contributed by atoms with Gasteiger partial charge in [-0.1, -0.05) is 39.8 Å². The van der Waals surface area contributed by atoms with Crippen LogP contribution in [0, 0.1) is 28.4 Å². The van der Waals surface area contributed by atoms with Crippen LogP contribution in [0.5, 0.6) is 0 Å². The Balaban J connectivity index is 2.00. The van der Waals surface area contributed by atoms with E-state index in [0.717, 1.165) is 12.6 Å². The highest BCUT2D eigenvalue weighted by Gasteiger charge is 2.63. The van der Waals surface area contributed by atoms with Gasteiger partial charge in [-0.3, -0.25) is 0 Å². The van der Waals surface area contributed by atoms with Gasteiger partial charge in [-0.2, -0.15) is 0 Å². The maximum Gasteiger partial charge on any atom is 0.163 e. The second kappa shape index (κ2) is 4.55. The first-order chi connectivity index (χ1) is 8.69. The fourth-order valence-corrected chi connectivity index (χ4v) is 3.10. The lowest BCUT2D eigenvalue weighted by atomic mass is 10.0. The summed E-state index contributed by atoms with van der Waals surface area (Å²) in [5.41, 5.74) is 1.01. The third-order valence-electron chi connectivity index (χ3n) is 5.40. The van der Waals surface area contributed by atoms with Gasteiger partial charge in [0.1, 0.15) is 0 Å². The van der Waals surface area contributed by atoms with Gasteiger partial charge >= 0.3 is 0 Å². The van der Waals surface area contributed by atoms with Crippen molar-refractivity contribution < 1.29 is 8.78 Å². The van der Waals surface area contributed by atoms with E-state index in [1.807, 2.05) is 6.92 Å². The maximum absolute atomic E-state index is 13.7. The highest BCUT2D eigenvalue weighted by atomic mass is 19.2. The Labute approximate surface area is 114 Å². The summed E-state index contributed by atoms with van der Waals surface area (Å²) in [6.45, 7) is 11.7. The van der Waals surface area contributed by atoms with Gasteiger partial charge in [-0.25, -0.2) is 8.78 Å². The first kappa shape index (κ1) is 14.4. The molecule has 1 atom stereocenters. The molecule has 0 aromatic heterocycles. The van der Waals surface area contributed by atoms with Gasteiger partial charge in [0.05, 0.1) is 0 Å². The summed E-state index contributed by atoms with van der Waals surface area (Å²) in [5.74, 6) is -0.950. The van der Waals surface area contributed by atoms with Gasteiger partial charge < -0.3 is 5.32 Å². The van der Waals surface area contributed by atoms with Crippen LogP contribution in [0.25, 0.3) is 0 Å². The first-order valence-electron chi connectivity index (χ1n) is 6.87. The van der Waals surface area contributed by atoms with Crippen LogP contribution >= 0.6 is 0 Å². The van der Waals surface area contributed by atoms with Crippen molar-refractivity contribution in [1.82, 2.24) is 5.32 Å². The Morgan fingerprint density at radius 1 is 1.16 bits per heavy atom. The summed E-state index contributed by atoms with van der Waals surface area (Å²) in [5, 5.41) is 3.33. The van der Waals surface area contributed by atoms with Crippen LogP contribution in [0.15, 0.2) is 18.2 Å². The minimum Gasteiger partial charge on any atom is -0.310 e. The molecule has 0 aliphatic heterocycles. The van der Waals surface area contributed by atoms with Crippen molar-refractivity contribution in [2.24, 2.45) is 16.7 Å². The summed E-state index contributed by atoms with van der Waals surface area (Å²) < 4.78 is 26.9. The van der Waals surface area contributed by atoms with Crippen molar-refractivity contribution in [3.63, 3.8) is 0 Å². The SMILES string of the molecule is CC(NCC1C(C)(C)C1(C)C)c1cccc(F)c1F. The van der Waals surface area contributed by atoms with Crippen molar-refractivity contribution in [3.8, 4) is 0 Å². The van der Waals surface area contributed by atoms with E-state index in [2.05, 4.69) is 33.0 Å². The Morgan fingerprint density at radius 3 is 2.26 bits per heavy atom. The van der Waals surface area contributed by atoms with E-state index >= 15 is 0 Å². The largest absolute Gasteiger partial charge is 0.310 e. The summed E-state index contributed by atoms with van der Waals surface area (Å²) in [4.78, 5) is 0. The minimum absolute atomic E-state index is 0.178. The van der Waals surface area contributed by atoms with Crippen LogP contribution in [-0.4, -0.2) is 6.54 Å². The molecule has 0 heterocycles. The van der Waals surface area contributed by atoms with E-state index in [-0.39, 0.29) is 6.04 Å². The fourth-order valence-electron chi connectivity index (χ4n) is 3.10. The second-order valence-corrected chi connectivity index (χ2v) is 6.77. The number of hydrogen-bond donors (Lipinski definition) is 1. The molecule has 1 aliphatic carbocycles. The molecule has 0 amide bonds. The van der Waals surface area contributed by atoms with Crippen LogP contribution < -0.4 is 5.32 Å². The molecule has 1 aromatic carbocycles. The second-order valence-electron chi connectivity index (χ2n) is 6.77. The zero-order valence-electron chi connectivity index (χ0n) is 12.3. The monoisotopic (exact) mass is 267 g/mol. The molecule has 1 saturated carbocycles. The normalized spacial score (nSPS) is 22.3.